The van der Waals surface area contributed by atoms with Gasteiger partial charge in [0.2, 0.25) is 0 Å². The second-order valence-electron chi connectivity index (χ2n) is 17.7. The number of thioether (sulfide) groups is 2. The first-order valence-corrected chi connectivity index (χ1v) is 29.3. The number of carboxylic acids is 2. The molecule has 408 valence electrons. The minimum Gasteiger partial charge on any atom is -0.481 e. The minimum absolute atomic E-state index is 0.0498. The van der Waals surface area contributed by atoms with Gasteiger partial charge in [-0.05, 0) is 81.1 Å². The Morgan fingerprint density at radius 3 is 1.58 bits per heavy atom. The van der Waals surface area contributed by atoms with Crippen molar-refractivity contribution in [3.05, 3.63) is 124 Å². The number of alkyl halides is 2. The average Bonchev–Trinajstić information content (AvgIpc) is 4.14. The number of carbonyl (C=O) groups excluding carboxylic acids is 2. The number of nitrogens with one attached hydrogen (secondary N) is 2. The number of piperidine rings is 2. The molecule has 2 aromatic heterocycles. The molecule has 4 N–H and O–H groups in total. The van der Waals surface area contributed by atoms with Crippen molar-refractivity contribution in [1.82, 2.24) is 30.4 Å². The number of thiazole rings is 2. The van der Waals surface area contributed by atoms with Crippen molar-refractivity contribution in [3.63, 3.8) is 0 Å². The number of benzene rings is 2. The fourth-order valence-corrected chi connectivity index (χ4v) is 12.8. The summed E-state index contributed by atoms with van der Waals surface area (Å²) in [7, 11) is 0. The summed E-state index contributed by atoms with van der Waals surface area (Å²) >= 11 is 15.0. The maximum absolute atomic E-state index is 15.1. The maximum atomic E-state index is 15.1. The largest absolute Gasteiger partial charge is 0.481 e. The van der Waals surface area contributed by atoms with Gasteiger partial charge in [-0.3, -0.25) is 29.4 Å². The number of nitrogens with zero attached hydrogens (tertiary/aromatic N) is 6. The van der Waals surface area contributed by atoms with Gasteiger partial charge in [0.1, 0.15) is 36.1 Å². The van der Waals surface area contributed by atoms with Crippen LogP contribution in [0.25, 0.3) is 0 Å². The quantitative estimate of drug-likeness (QED) is 0.0482. The molecule has 4 aliphatic rings. The van der Waals surface area contributed by atoms with E-state index in [9.17, 15) is 28.0 Å². The first-order chi connectivity index (χ1) is 36.5. The van der Waals surface area contributed by atoms with Crippen molar-refractivity contribution in [1.29, 1.82) is 0 Å². The molecule has 2 saturated heterocycles. The van der Waals surface area contributed by atoms with Crippen LogP contribution >= 0.6 is 73.7 Å². The molecule has 0 saturated carbocycles. The molecule has 6 unspecified atom stereocenters. The van der Waals surface area contributed by atoms with E-state index in [0.29, 0.717) is 86.1 Å². The van der Waals surface area contributed by atoms with Gasteiger partial charge in [0.25, 0.3) is 0 Å². The summed E-state index contributed by atoms with van der Waals surface area (Å²) in [6.07, 6.45) is 2.13. The van der Waals surface area contributed by atoms with E-state index in [1.54, 1.807) is 37.7 Å². The maximum Gasteiger partial charge on any atom is 0.338 e. The lowest BCUT2D eigenvalue weighted by Gasteiger charge is -2.36. The van der Waals surface area contributed by atoms with E-state index in [4.69, 9.17) is 41.3 Å². The van der Waals surface area contributed by atoms with Crippen LogP contribution in [0.4, 0.5) is 17.6 Å². The molecule has 8 rings (SSSR count). The Labute approximate surface area is 466 Å². The summed E-state index contributed by atoms with van der Waals surface area (Å²) in [5.41, 5.74) is 2.52. The van der Waals surface area contributed by atoms with Crippen molar-refractivity contribution in [3.8, 4) is 0 Å². The van der Waals surface area contributed by atoms with Crippen LogP contribution in [0.2, 0.25) is 5.02 Å². The van der Waals surface area contributed by atoms with E-state index in [-0.39, 0.29) is 78.9 Å². The lowest BCUT2D eigenvalue weighted by atomic mass is 9.93. The Kier molecular flexibility index (Phi) is 21.8. The van der Waals surface area contributed by atoms with Gasteiger partial charge in [-0.1, -0.05) is 39.7 Å². The van der Waals surface area contributed by atoms with Crippen LogP contribution in [-0.4, -0.2) is 153 Å². The summed E-state index contributed by atoms with van der Waals surface area (Å²) in [5.74, 6) is -2.76. The van der Waals surface area contributed by atoms with Crippen molar-refractivity contribution < 1.29 is 56.4 Å². The number of halogens is 6. The first-order valence-electron chi connectivity index (χ1n) is 24.0. The minimum atomic E-state index is -1.14. The Morgan fingerprint density at radius 2 is 1.18 bits per heavy atom. The van der Waals surface area contributed by atoms with Gasteiger partial charge in [0, 0.05) is 87.6 Å². The molecular weight excluding hydrogens is 1160 g/mol. The molecule has 0 aliphatic carbocycles. The highest BCUT2D eigenvalue weighted by Crippen LogP contribution is 2.39. The molecule has 26 heteroatoms. The molecule has 6 heterocycles. The number of amidine groups is 2. The van der Waals surface area contributed by atoms with Crippen LogP contribution in [0.1, 0.15) is 59.9 Å². The number of likely N-dealkylation sites (tertiary alicyclic amines) is 2. The molecule has 4 aromatic rings. The van der Waals surface area contributed by atoms with E-state index in [0.717, 1.165) is 0 Å². The third kappa shape index (κ3) is 15.7. The number of rotatable bonds is 20. The van der Waals surface area contributed by atoms with Gasteiger partial charge in [-0.25, -0.2) is 37.1 Å². The number of hydrogen-bond acceptors (Lipinski definition) is 18. The van der Waals surface area contributed by atoms with Crippen LogP contribution in [0.5, 0.6) is 0 Å². The molecule has 76 heavy (non-hydrogen) atoms. The second-order valence-corrected chi connectivity index (χ2v) is 22.8. The molecule has 0 spiro atoms. The fourth-order valence-electron chi connectivity index (χ4n) is 8.87. The first kappa shape index (κ1) is 58.8. The standard InChI is InChI=1S/C25H27BrF2N4O4S2.C25H27ClF2N4O4S2/c2*1-2-36-25(35)21-19(11-32-7-5-14(18(28)10-32)12-37-13-20(33)34)30-23(24-29-6-8-38-24)31-22(21)16-4-3-15(27)9-17(16)26/h2*3-4,6,8-9,14,18,22H,2,5,7,10-13H2,1H3,(H,30,31)(H,33,34). The highest BCUT2D eigenvalue weighted by atomic mass is 79.9. The van der Waals surface area contributed by atoms with Crippen LogP contribution in [0, 0.1) is 23.5 Å². The molecule has 16 nitrogen and oxygen atoms in total. The fraction of sp³-hybridized carbons (Fsp3) is 0.440. The van der Waals surface area contributed by atoms with Gasteiger partial charge in [0.05, 0.1) is 35.9 Å². The highest BCUT2D eigenvalue weighted by Gasteiger charge is 2.39. The third-order valence-corrected chi connectivity index (χ3v) is 17.2. The van der Waals surface area contributed by atoms with Gasteiger partial charge in [-0.15, -0.1) is 46.2 Å². The lowest BCUT2D eigenvalue weighted by molar-refractivity contribution is -0.139. The Morgan fingerprint density at radius 1 is 0.737 bits per heavy atom. The van der Waals surface area contributed by atoms with E-state index >= 15 is 8.78 Å². The Bertz CT molecular complexity index is 2650. The number of esters is 2. The summed E-state index contributed by atoms with van der Waals surface area (Å²) in [6.45, 7) is 5.56. The summed E-state index contributed by atoms with van der Waals surface area (Å²) in [6, 6.07) is 6.43. The zero-order valence-electron chi connectivity index (χ0n) is 41.1. The van der Waals surface area contributed by atoms with Crippen molar-refractivity contribution in [2.75, 3.05) is 75.5 Å². The zero-order valence-corrected chi connectivity index (χ0v) is 46.7. The zero-order chi connectivity index (χ0) is 54.5. The molecule has 0 radical (unpaired) electrons. The van der Waals surface area contributed by atoms with E-state index < -0.39 is 59.9 Å². The summed E-state index contributed by atoms with van der Waals surface area (Å²) in [5, 5.41) is 29.1. The van der Waals surface area contributed by atoms with Gasteiger partial charge < -0.3 is 30.3 Å². The number of ether oxygens (including phenoxy) is 2. The summed E-state index contributed by atoms with van der Waals surface area (Å²) < 4.78 is 69.1. The SMILES string of the molecule is CCOC(=O)C1=C(CN2CCC(CSCC(=O)O)C(F)C2)NC(c2nccs2)=NC1c1ccc(F)cc1Br.CCOC(=O)C1=C(CN2CCC(CSCC(=O)O)C(F)C2)NC(c2nccs2)=NC1c1ccc(F)cc1Cl. The van der Waals surface area contributed by atoms with Crippen molar-refractivity contribution in [2.45, 2.75) is 51.1 Å². The van der Waals surface area contributed by atoms with Crippen LogP contribution in [0.15, 0.2) is 96.5 Å². The predicted octanol–water partition coefficient (Wildman–Crippen LogP) is 8.75. The number of carbonyl (C=O) groups is 4. The molecule has 4 aliphatic heterocycles. The normalized spacial score (nSPS) is 22.1. The monoisotopic (exact) mass is 1210 g/mol. The number of aromatic nitrogens is 2. The predicted molar refractivity (Wildman–Crippen MR) is 291 cm³/mol. The lowest BCUT2D eigenvalue weighted by Crippen LogP contribution is -2.46. The highest BCUT2D eigenvalue weighted by molar-refractivity contribution is 9.10. The molecular formula is C50H54BrClF4N8O8S4. The Hall–Kier alpha value is -4.89. The molecule has 0 bridgehead atoms. The van der Waals surface area contributed by atoms with Crippen LogP contribution < -0.4 is 10.6 Å². The van der Waals surface area contributed by atoms with Gasteiger partial charge >= 0.3 is 23.9 Å². The summed E-state index contributed by atoms with van der Waals surface area (Å²) in [4.78, 5) is 70.1. The number of aliphatic imine (C=N–C) groups is 2. The van der Waals surface area contributed by atoms with E-state index in [2.05, 4.69) is 36.5 Å². The topological polar surface area (TPSA) is 208 Å². The van der Waals surface area contributed by atoms with Crippen LogP contribution in [0.3, 0.4) is 0 Å². The number of aliphatic carboxylic acids is 2. The Balaban J connectivity index is 0.000000221. The molecule has 6 atom stereocenters. The van der Waals surface area contributed by atoms with Gasteiger partial charge in [-0.2, -0.15) is 0 Å². The molecule has 0 amide bonds. The smallest absolute Gasteiger partial charge is 0.338 e. The van der Waals surface area contributed by atoms with Crippen LogP contribution in [-0.2, 0) is 28.7 Å². The number of carboxylic acid groups (broad SMARTS) is 2. The number of hydrogen-bond donors (Lipinski definition) is 4. The van der Waals surface area contributed by atoms with Gasteiger partial charge in [0.15, 0.2) is 21.7 Å². The van der Waals surface area contributed by atoms with E-state index in [1.807, 2.05) is 15.2 Å². The second kappa shape index (κ2) is 28.1. The average molecular weight is 1210 g/mol. The van der Waals surface area contributed by atoms with E-state index in [1.165, 1.54) is 76.5 Å². The van der Waals surface area contributed by atoms with Crippen molar-refractivity contribution >= 4 is 109 Å². The third-order valence-electron chi connectivity index (χ3n) is 12.4. The molecule has 2 aromatic carbocycles. The van der Waals surface area contributed by atoms with Crippen molar-refractivity contribution in [2.24, 2.45) is 21.8 Å². The molecule has 2 fully saturated rings.